The van der Waals surface area contributed by atoms with Crippen molar-refractivity contribution < 1.29 is 14.3 Å². The lowest BCUT2D eigenvalue weighted by Gasteiger charge is -1.99. The van der Waals surface area contributed by atoms with Crippen LogP contribution < -0.4 is 10.1 Å². The Bertz CT molecular complexity index is 239. The molecule has 0 fully saturated rings. The van der Waals surface area contributed by atoms with Crippen molar-refractivity contribution >= 4 is 18.6 Å². The number of carbonyl (C=O) groups is 2. The van der Waals surface area contributed by atoms with Crippen LogP contribution in [0.4, 0.5) is 5.69 Å². The normalized spacial score (nSPS) is 8.67. The van der Waals surface area contributed by atoms with Gasteiger partial charge in [0.05, 0.1) is 0 Å². The third-order valence-electron chi connectivity index (χ3n) is 1.26. The lowest BCUT2D eigenvalue weighted by atomic mass is 10.3. The Morgan fingerprint density at radius 2 is 1.83 bits per heavy atom. The van der Waals surface area contributed by atoms with Crippen molar-refractivity contribution in [2.45, 2.75) is 0 Å². The summed E-state index contributed by atoms with van der Waals surface area (Å²) in [6, 6.07) is 6.43. The van der Waals surface area contributed by atoms with E-state index in [0.717, 1.165) is 0 Å². The number of nitrogens with one attached hydrogen (secondary N) is 1. The molecule has 1 aromatic rings. The first-order valence-electron chi connectivity index (χ1n) is 3.27. The maximum Gasteiger partial charge on any atom is 0.298 e. The van der Waals surface area contributed by atoms with Crippen LogP contribution in [-0.2, 0) is 9.59 Å². The van der Waals surface area contributed by atoms with Gasteiger partial charge in [0, 0.05) is 5.69 Å². The molecule has 4 heteroatoms. The SMILES string of the molecule is O=CNc1ccc(OC=O)cc1. The van der Waals surface area contributed by atoms with Crippen molar-refractivity contribution in [3.05, 3.63) is 24.3 Å². The summed E-state index contributed by atoms with van der Waals surface area (Å²) in [7, 11) is 0. The number of anilines is 1. The van der Waals surface area contributed by atoms with Crippen molar-refractivity contribution in [3.63, 3.8) is 0 Å². The fraction of sp³-hybridized carbons (Fsp3) is 0. The smallest absolute Gasteiger partial charge is 0.298 e. The zero-order valence-electron chi connectivity index (χ0n) is 6.19. The van der Waals surface area contributed by atoms with Crippen LogP contribution in [0.15, 0.2) is 24.3 Å². The number of ether oxygens (including phenoxy) is 1. The van der Waals surface area contributed by atoms with Gasteiger partial charge >= 0.3 is 0 Å². The van der Waals surface area contributed by atoms with Gasteiger partial charge in [0.1, 0.15) is 5.75 Å². The molecule has 0 spiro atoms. The van der Waals surface area contributed by atoms with E-state index in [9.17, 15) is 9.59 Å². The quantitative estimate of drug-likeness (QED) is 0.671. The van der Waals surface area contributed by atoms with Gasteiger partial charge in [0.25, 0.3) is 6.47 Å². The fourth-order valence-corrected chi connectivity index (χ4v) is 0.753. The maximum absolute atomic E-state index is 9.99. The first-order valence-corrected chi connectivity index (χ1v) is 3.27. The molecule has 0 saturated carbocycles. The molecule has 0 aliphatic carbocycles. The van der Waals surface area contributed by atoms with Crippen molar-refractivity contribution in [2.24, 2.45) is 0 Å². The molecule has 0 saturated heterocycles. The average Bonchev–Trinajstić information content (AvgIpc) is 2.09. The summed E-state index contributed by atoms with van der Waals surface area (Å²) in [6.45, 7) is 0.349. The van der Waals surface area contributed by atoms with Crippen LogP contribution in [0, 0.1) is 0 Å². The molecule has 0 bridgehead atoms. The molecule has 0 aliphatic rings. The number of rotatable bonds is 4. The van der Waals surface area contributed by atoms with Crippen molar-refractivity contribution in [1.29, 1.82) is 0 Å². The summed E-state index contributed by atoms with van der Waals surface area (Å²) < 4.78 is 4.54. The second-order valence-electron chi connectivity index (χ2n) is 2.00. The molecular weight excluding hydrogens is 158 g/mol. The molecule has 0 atom stereocenters. The predicted molar refractivity (Wildman–Crippen MR) is 42.8 cm³/mol. The van der Waals surface area contributed by atoms with E-state index in [1.54, 1.807) is 24.3 Å². The minimum atomic E-state index is 0.349. The summed E-state index contributed by atoms with van der Waals surface area (Å²) in [5.41, 5.74) is 0.656. The van der Waals surface area contributed by atoms with Gasteiger partial charge in [-0.3, -0.25) is 9.59 Å². The summed E-state index contributed by atoms with van der Waals surface area (Å²) >= 11 is 0. The second-order valence-corrected chi connectivity index (χ2v) is 2.00. The van der Waals surface area contributed by atoms with Crippen LogP contribution in [0.25, 0.3) is 0 Å². The van der Waals surface area contributed by atoms with E-state index in [2.05, 4.69) is 10.1 Å². The molecular formula is C8H7NO3. The monoisotopic (exact) mass is 165 g/mol. The number of hydrogen-bond donors (Lipinski definition) is 1. The number of carbonyl (C=O) groups excluding carboxylic acids is 2. The molecule has 1 N–H and O–H groups in total. The molecule has 62 valence electrons. The molecule has 4 nitrogen and oxygen atoms in total. The van der Waals surface area contributed by atoms with Crippen LogP contribution >= 0.6 is 0 Å². The topological polar surface area (TPSA) is 55.4 Å². The lowest BCUT2D eigenvalue weighted by Crippen LogP contribution is -1.93. The van der Waals surface area contributed by atoms with Gasteiger partial charge in [-0.15, -0.1) is 0 Å². The molecule has 1 aromatic carbocycles. The highest BCUT2D eigenvalue weighted by Crippen LogP contribution is 2.13. The molecule has 1 rings (SSSR count). The molecule has 12 heavy (non-hydrogen) atoms. The van der Waals surface area contributed by atoms with Gasteiger partial charge in [-0.2, -0.15) is 0 Å². The zero-order chi connectivity index (χ0) is 8.81. The van der Waals surface area contributed by atoms with Crippen molar-refractivity contribution in [1.82, 2.24) is 0 Å². The summed E-state index contributed by atoms with van der Waals surface area (Å²) in [5.74, 6) is 0.446. The second kappa shape index (κ2) is 4.12. The van der Waals surface area contributed by atoms with E-state index in [-0.39, 0.29) is 0 Å². The van der Waals surface area contributed by atoms with Gasteiger partial charge in [0.15, 0.2) is 0 Å². The summed E-state index contributed by atoms with van der Waals surface area (Å²) in [5, 5.41) is 2.45. The Morgan fingerprint density at radius 1 is 1.17 bits per heavy atom. The predicted octanol–water partition coefficient (Wildman–Crippen LogP) is 0.790. The molecule has 0 unspecified atom stereocenters. The Kier molecular flexibility index (Phi) is 2.84. The van der Waals surface area contributed by atoms with Gasteiger partial charge in [-0.25, -0.2) is 0 Å². The van der Waals surface area contributed by atoms with E-state index >= 15 is 0 Å². The number of benzene rings is 1. The summed E-state index contributed by atoms with van der Waals surface area (Å²) in [4.78, 5) is 19.9. The van der Waals surface area contributed by atoms with Crippen LogP contribution in [0.2, 0.25) is 0 Å². The third kappa shape index (κ3) is 2.09. The Labute approximate surface area is 69.1 Å². The zero-order valence-corrected chi connectivity index (χ0v) is 6.19. The number of hydrogen-bond acceptors (Lipinski definition) is 3. The summed E-state index contributed by atoms with van der Waals surface area (Å²) in [6.07, 6.45) is 0.579. The van der Waals surface area contributed by atoms with E-state index < -0.39 is 0 Å². The highest BCUT2D eigenvalue weighted by Gasteiger charge is 1.92. The van der Waals surface area contributed by atoms with Gasteiger partial charge in [-0.1, -0.05) is 0 Å². The van der Waals surface area contributed by atoms with Crippen molar-refractivity contribution in [2.75, 3.05) is 5.32 Å². The largest absolute Gasteiger partial charge is 0.429 e. The first kappa shape index (κ1) is 8.26. The van der Waals surface area contributed by atoms with Crippen molar-refractivity contribution in [3.8, 4) is 5.75 Å². The van der Waals surface area contributed by atoms with Gasteiger partial charge in [-0.05, 0) is 24.3 Å². The highest BCUT2D eigenvalue weighted by molar-refractivity contribution is 5.71. The molecule has 1 amide bonds. The Morgan fingerprint density at radius 3 is 2.33 bits per heavy atom. The van der Waals surface area contributed by atoms with E-state index in [1.165, 1.54) is 0 Å². The minimum absolute atomic E-state index is 0.349. The molecule has 0 aliphatic heterocycles. The van der Waals surface area contributed by atoms with E-state index in [1.807, 2.05) is 0 Å². The number of amides is 1. The van der Waals surface area contributed by atoms with Crippen LogP contribution in [0.1, 0.15) is 0 Å². The molecule has 0 radical (unpaired) electrons. The Balaban J connectivity index is 2.70. The average molecular weight is 165 g/mol. The van der Waals surface area contributed by atoms with E-state index in [0.29, 0.717) is 24.3 Å². The van der Waals surface area contributed by atoms with Crippen LogP contribution in [-0.4, -0.2) is 12.9 Å². The van der Waals surface area contributed by atoms with Gasteiger partial charge in [0.2, 0.25) is 6.41 Å². The first-order chi connectivity index (χ1) is 5.86. The molecule has 0 heterocycles. The molecule has 0 aromatic heterocycles. The highest BCUT2D eigenvalue weighted by atomic mass is 16.5. The van der Waals surface area contributed by atoms with Crippen LogP contribution in [0.5, 0.6) is 5.75 Å². The van der Waals surface area contributed by atoms with E-state index in [4.69, 9.17) is 0 Å². The maximum atomic E-state index is 9.99. The third-order valence-corrected chi connectivity index (χ3v) is 1.26. The van der Waals surface area contributed by atoms with Crippen LogP contribution in [0.3, 0.4) is 0 Å². The fourth-order valence-electron chi connectivity index (χ4n) is 0.753. The Hall–Kier alpha value is -1.84. The van der Waals surface area contributed by atoms with Gasteiger partial charge < -0.3 is 10.1 Å². The lowest BCUT2D eigenvalue weighted by molar-refractivity contribution is -0.120. The standard InChI is InChI=1S/C8H7NO3/c10-5-9-7-1-3-8(4-2-7)12-6-11/h1-6H,(H,9,10). The minimum Gasteiger partial charge on any atom is -0.429 e.